The van der Waals surface area contributed by atoms with E-state index in [4.69, 9.17) is 9.47 Å². The minimum Gasteiger partial charge on any atom is -0.497 e. The van der Waals surface area contributed by atoms with Gasteiger partial charge in [-0.15, -0.1) is 0 Å². The Morgan fingerprint density at radius 1 is 1.21 bits per heavy atom. The molecule has 0 unspecified atom stereocenters. The van der Waals surface area contributed by atoms with Crippen LogP contribution in [0.5, 0.6) is 5.75 Å². The first-order chi connectivity index (χ1) is 13.5. The molecule has 2 aliphatic heterocycles. The van der Waals surface area contributed by atoms with Gasteiger partial charge < -0.3 is 19.3 Å². The molecule has 28 heavy (non-hydrogen) atoms. The van der Waals surface area contributed by atoms with Gasteiger partial charge in [-0.25, -0.2) is 0 Å². The van der Waals surface area contributed by atoms with E-state index in [2.05, 4.69) is 0 Å². The quantitative estimate of drug-likeness (QED) is 0.695. The highest BCUT2D eigenvalue weighted by molar-refractivity contribution is 5.89. The van der Waals surface area contributed by atoms with E-state index in [0.717, 1.165) is 24.2 Å². The Balaban J connectivity index is 1.59. The Kier molecular flexibility index (Phi) is 6.54. The van der Waals surface area contributed by atoms with Crippen molar-refractivity contribution in [2.24, 2.45) is 11.8 Å². The lowest BCUT2D eigenvalue weighted by molar-refractivity contribution is -0.152. The molecule has 0 bridgehead atoms. The largest absolute Gasteiger partial charge is 0.497 e. The molecule has 7 heteroatoms. The number of ether oxygens (including phenoxy) is 2. The summed E-state index contributed by atoms with van der Waals surface area (Å²) in [4.78, 5) is 40.9. The summed E-state index contributed by atoms with van der Waals surface area (Å²) in [6, 6.07) is 7.59. The van der Waals surface area contributed by atoms with E-state index in [1.54, 1.807) is 23.8 Å². The molecule has 152 valence electrons. The van der Waals surface area contributed by atoms with Crippen molar-refractivity contribution in [3.05, 3.63) is 29.8 Å². The van der Waals surface area contributed by atoms with E-state index in [1.165, 1.54) is 0 Å². The second-order valence-corrected chi connectivity index (χ2v) is 7.40. The summed E-state index contributed by atoms with van der Waals surface area (Å²) >= 11 is 0. The summed E-state index contributed by atoms with van der Waals surface area (Å²) in [5.41, 5.74) is 0.973. The van der Waals surface area contributed by atoms with Crippen LogP contribution in [0.2, 0.25) is 0 Å². The Labute approximate surface area is 165 Å². The van der Waals surface area contributed by atoms with Crippen LogP contribution >= 0.6 is 0 Å². The molecule has 0 spiro atoms. The number of esters is 1. The maximum Gasteiger partial charge on any atom is 0.310 e. The number of rotatable bonds is 6. The van der Waals surface area contributed by atoms with Gasteiger partial charge in [-0.1, -0.05) is 12.1 Å². The average Bonchev–Trinajstić information content (AvgIpc) is 3.08. The topological polar surface area (TPSA) is 76.2 Å². The summed E-state index contributed by atoms with van der Waals surface area (Å²) in [6.07, 6.45) is 1.75. The van der Waals surface area contributed by atoms with Gasteiger partial charge in [0, 0.05) is 32.6 Å². The van der Waals surface area contributed by atoms with Crippen LogP contribution in [0.1, 0.15) is 31.7 Å². The van der Waals surface area contributed by atoms with E-state index in [0.29, 0.717) is 32.8 Å². The fraction of sp³-hybridized carbons (Fsp3) is 0.571. The Bertz CT molecular complexity index is 735. The van der Waals surface area contributed by atoms with Gasteiger partial charge in [-0.2, -0.15) is 0 Å². The molecule has 0 aliphatic carbocycles. The van der Waals surface area contributed by atoms with Gasteiger partial charge in [0.2, 0.25) is 11.8 Å². The number of hydrogen-bond acceptors (Lipinski definition) is 5. The zero-order valence-electron chi connectivity index (χ0n) is 16.6. The standard InChI is InChI=1S/C21H28N2O5/c1-3-28-21(26)16-7-5-9-22(13-16)20(25)17-11-19(24)23(14-17)12-15-6-4-8-18(10-15)27-2/h4,6,8,10,16-17H,3,5,7,9,11-14H2,1-2H3/t16-,17+/m1/s1. The summed E-state index contributed by atoms with van der Waals surface area (Å²) < 4.78 is 10.3. The first kappa shape index (κ1) is 20.2. The monoisotopic (exact) mass is 388 g/mol. The van der Waals surface area contributed by atoms with E-state index >= 15 is 0 Å². The fourth-order valence-electron chi connectivity index (χ4n) is 3.97. The molecule has 1 aromatic carbocycles. The van der Waals surface area contributed by atoms with Crippen molar-refractivity contribution in [3.63, 3.8) is 0 Å². The minimum atomic E-state index is -0.348. The van der Waals surface area contributed by atoms with Crippen LogP contribution in [-0.2, 0) is 25.7 Å². The molecule has 2 fully saturated rings. The molecule has 0 aromatic heterocycles. The van der Waals surface area contributed by atoms with Gasteiger partial charge in [-0.3, -0.25) is 14.4 Å². The smallest absolute Gasteiger partial charge is 0.310 e. The molecule has 0 radical (unpaired) electrons. The van der Waals surface area contributed by atoms with Crippen LogP contribution in [0.3, 0.4) is 0 Å². The molecule has 2 amide bonds. The minimum absolute atomic E-state index is 0.0138. The zero-order valence-corrected chi connectivity index (χ0v) is 16.6. The van der Waals surface area contributed by atoms with Gasteiger partial charge >= 0.3 is 5.97 Å². The Morgan fingerprint density at radius 2 is 2.04 bits per heavy atom. The van der Waals surface area contributed by atoms with Crippen molar-refractivity contribution in [2.75, 3.05) is 33.4 Å². The summed E-state index contributed by atoms with van der Waals surface area (Å²) in [6.45, 7) is 4.03. The van der Waals surface area contributed by atoms with Crippen LogP contribution in [0.15, 0.2) is 24.3 Å². The number of carbonyl (C=O) groups excluding carboxylic acids is 3. The third-order valence-corrected chi connectivity index (χ3v) is 5.42. The molecule has 2 aliphatic rings. The zero-order chi connectivity index (χ0) is 20.1. The first-order valence-corrected chi connectivity index (χ1v) is 9.88. The Hall–Kier alpha value is -2.57. The number of benzene rings is 1. The predicted octanol–water partition coefficient (Wildman–Crippen LogP) is 1.85. The van der Waals surface area contributed by atoms with Crippen molar-refractivity contribution >= 4 is 17.8 Å². The van der Waals surface area contributed by atoms with E-state index in [9.17, 15) is 14.4 Å². The molecule has 0 N–H and O–H groups in total. The van der Waals surface area contributed by atoms with Crippen LogP contribution in [0.25, 0.3) is 0 Å². The normalized spacial score (nSPS) is 22.3. The maximum atomic E-state index is 12.9. The molecule has 1 aromatic rings. The third kappa shape index (κ3) is 4.64. The summed E-state index contributed by atoms with van der Waals surface area (Å²) in [5, 5.41) is 0. The maximum absolute atomic E-state index is 12.9. The van der Waals surface area contributed by atoms with Gasteiger partial charge in [0.25, 0.3) is 0 Å². The van der Waals surface area contributed by atoms with E-state index in [-0.39, 0.29) is 36.0 Å². The highest BCUT2D eigenvalue weighted by Gasteiger charge is 2.38. The summed E-state index contributed by atoms with van der Waals surface area (Å²) in [7, 11) is 1.61. The average molecular weight is 388 g/mol. The second-order valence-electron chi connectivity index (χ2n) is 7.40. The number of methoxy groups -OCH3 is 1. The number of amides is 2. The van der Waals surface area contributed by atoms with Gasteiger partial charge in [0.1, 0.15) is 5.75 Å². The molecule has 2 heterocycles. The van der Waals surface area contributed by atoms with Crippen LogP contribution < -0.4 is 4.74 Å². The molecule has 3 rings (SSSR count). The van der Waals surface area contributed by atoms with Crippen molar-refractivity contribution in [2.45, 2.75) is 32.7 Å². The van der Waals surface area contributed by atoms with Crippen LogP contribution in [0.4, 0.5) is 0 Å². The third-order valence-electron chi connectivity index (χ3n) is 5.42. The van der Waals surface area contributed by atoms with Gasteiger partial charge in [0.15, 0.2) is 0 Å². The highest BCUT2D eigenvalue weighted by Crippen LogP contribution is 2.26. The van der Waals surface area contributed by atoms with E-state index < -0.39 is 0 Å². The molecular weight excluding hydrogens is 360 g/mol. The van der Waals surface area contributed by atoms with Gasteiger partial charge in [-0.05, 0) is 37.5 Å². The Morgan fingerprint density at radius 3 is 2.79 bits per heavy atom. The lowest BCUT2D eigenvalue weighted by Crippen LogP contribution is -2.45. The lowest BCUT2D eigenvalue weighted by atomic mass is 9.96. The van der Waals surface area contributed by atoms with Crippen molar-refractivity contribution < 1.29 is 23.9 Å². The number of carbonyl (C=O) groups is 3. The van der Waals surface area contributed by atoms with Crippen molar-refractivity contribution in [3.8, 4) is 5.75 Å². The van der Waals surface area contributed by atoms with E-state index in [1.807, 2.05) is 24.3 Å². The number of likely N-dealkylation sites (tertiary alicyclic amines) is 2. The van der Waals surface area contributed by atoms with Crippen LogP contribution in [-0.4, -0.2) is 60.9 Å². The van der Waals surface area contributed by atoms with Crippen molar-refractivity contribution in [1.82, 2.24) is 9.80 Å². The van der Waals surface area contributed by atoms with Gasteiger partial charge in [0.05, 0.1) is 25.6 Å². The molecule has 7 nitrogen and oxygen atoms in total. The fourth-order valence-corrected chi connectivity index (χ4v) is 3.97. The number of nitrogens with zero attached hydrogens (tertiary/aromatic N) is 2. The van der Waals surface area contributed by atoms with Crippen molar-refractivity contribution in [1.29, 1.82) is 0 Å². The number of piperidine rings is 1. The second kappa shape index (κ2) is 9.08. The molecule has 0 saturated carbocycles. The first-order valence-electron chi connectivity index (χ1n) is 9.88. The highest BCUT2D eigenvalue weighted by atomic mass is 16.5. The molecule has 2 saturated heterocycles. The van der Waals surface area contributed by atoms with Crippen LogP contribution in [0, 0.1) is 11.8 Å². The predicted molar refractivity (Wildman–Crippen MR) is 102 cm³/mol. The molecule has 2 atom stereocenters. The summed E-state index contributed by atoms with van der Waals surface area (Å²) in [5.74, 6) is -0.144. The molecular formula is C21H28N2O5. The SMILES string of the molecule is CCOC(=O)[C@@H]1CCCN(C(=O)[C@H]2CC(=O)N(Cc3cccc(OC)c3)C2)C1. The lowest BCUT2D eigenvalue weighted by Gasteiger charge is -2.33. The number of hydrogen-bond donors (Lipinski definition) is 0.